The van der Waals surface area contributed by atoms with Crippen molar-refractivity contribution in [3.63, 3.8) is 0 Å². The number of nitrogens with zero attached hydrogens (tertiary/aromatic N) is 2. The van der Waals surface area contributed by atoms with Crippen LogP contribution in [0.5, 0.6) is 0 Å². The van der Waals surface area contributed by atoms with Gasteiger partial charge in [-0.15, -0.1) is 0 Å². The first kappa shape index (κ1) is 21.9. The molecule has 2 aromatic rings. The molecule has 2 aromatic carbocycles. The van der Waals surface area contributed by atoms with Crippen LogP contribution in [-0.2, 0) is 11.3 Å². The van der Waals surface area contributed by atoms with Gasteiger partial charge >= 0.3 is 0 Å². The average molecular weight is 459 g/mol. The Morgan fingerprint density at radius 1 is 1.23 bits per heavy atom. The molecule has 4 rings (SSSR count). The van der Waals surface area contributed by atoms with Gasteiger partial charge in [-0.2, -0.15) is 0 Å². The number of imide groups is 1. The molecule has 2 aliphatic rings. The van der Waals surface area contributed by atoms with Gasteiger partial charge in [-0.1, -0.05) is 30.7 Å². The van der Waals surface area contributed by atoms with Gasteiger partial charge in [-0.05, 0) is 85.0 Å². The lowest BCUT2D eigenvalue weighted by Crippen LogP contribution is -2.45. The Morgan fingerprint density at radius 2 is 1.90 bits per heavy atom. The lowest BCUT2D eigenvalue weighted by atomic mass is 9.80. The van der Waals surface area contributed by atoms with E-state index in [4.69, 9.17) is 11.6 Å². The molecule has 31 heavy (non-hydrogen) atoms. The molecule has 1 fully saturated rings. The Kier molecular flexibility index (Phi) is 5.64. The van der Waals surface area contributed by atoms with Gasteiger partial charge in [0, 0.05) is 23.3 Å². The molecule has 0 N–H and O–H groups in total. The summed E-state index contributed by atoms with van der Waals surface area (Å²) in [5.74, 6) is -0.373. The number of benzene rings is 2. The van der Waals surface area contributed by atoms with Crippen LogP contribution in [0.1, 0.15) is 49.8 Å². The van der Waals surface area contributed by atoms with E-state index in [-0.39, 0.29) is 29.0 Å². The third-order valence-electron chi connectivity index (χ3n) is 6.17. The van der Waals surface area contributed by atoms with Crippen molar-refractivity contribution >= 4 is 46.3 Å². The zero-order valence-corrected chi connectivity index (χ0v) is 19.5. The van der Waals surface area contributed by atoms with Crippen LogP contribution in [0.2, 0.25) is 5.02 Å². The smallest absolute Gasteiger partial charge is 0.293 e. The van der Waals surface area contributed by atoms with Crippen molar-refractivity contribution < 1.29 is 14.0 Å². The summed E-state index contributed by atoms with van der Waals surface area (Å²) in [6.07, 6.45) is 2.70. The first-order valence-electron chi connectivity index (χ1n) is 10.1. The van der Waals surface area contributed by atoms with E-state index >= 15 is 0 Å². The Bertz CT molecular complexity index is 1100. The molecular formula is C24H24ClFN2O2S. The number of amides is 2. The van der Waals surface area contributed by atoms with Crippen LogP contribution in [-0.4, -0.2) is 28.6 Å². The van der Waals surface area contributed by atoms with Gasteiger partial charge in [-0.3, -0.25) is 14.5 Å². The molecule has 0 radical (unpaired) electrons. The van der Waals surface area contributed by atoms with Crippen molar-refractivity contribution in [1.29, 1.82) is 0 Å². The molecule has 2 amide bonds. The van der Waals surface area contributed by atoms with Gasteiger partial charge in [0.15, 0.2) is 0 Å². The van der Waals surface area contributed by atoms with Gasteiger partial charge in [0.1, 0.15) is 5.82 Å². The highest BCUT2D eigenvalue weighted by atomic mass is 35.5. The van der Waals surface area contributed by atoms with E-state index in [1.807, 2.05) is 12.1 Å². The summed E-state index contributed by atoms with van der Waals surface area (Å²) in [6, 6.07) is 9.75. The van der Waals surface area contributed by atoms with Crippen molar-refractivity contribution in [1.82, 2.24) is 4.90 Å². The predicted molar refractivity (Wildman–Crippen MR) is 125 cm³/mol. The van der Waals surface area contributed by atoms with Gasteiger partial charge < -0.3 is 4.90 Å². The predicted octanol–water partition coefficient (Wildman–Crippen LogP) is 6.44. The van der Waals surface area contributed by atoms with Crippen molar-refractivity contribution in [2.24, 2.45) is 0 Å². The Balaban J connectivity index is 1.63. The standard InChI is InChI=1S/C24H24ClFN2O2S/c1-14-12-24(2,3)27(4)20-11-19(25)16(9-18(14)20)10-21-22(29)28(23(30)31-21)13-15-5-7-17(26)8-6-15/h5-11,14H,12-13H2,1-4H3/b21-10-/t14-/m1/s1. The van der Waals surface area contributed by atoms with Crippen molar-refractivity contribution in [3.05, 3.63) is 68.8 Å². The molecule has 7 heteroatoms. The van der Waals surface area contributed by atoms with Crippen LogP contribution >= 0.6 is 23.4 Å². The lowest BCUT2D eigenvalue weighted by molar-refractivity contribution is -0.123. The maximum Gasteiger partial charge on any atom is 0.293 e. The summed E-state index contributed by atoms with van der Waals surface area (Å²) < 4.78 is 13.1. The monoisotopic (exact) mass is 458 g/mol. The van der Waals surface area contributed by atoms with E-state index < -0.39 is 0 Å². The second-order valence-electron chi connectivity index (χ2n) is 8.80. The minimum Gasteiger partial charge on any atom is -0.369 e. The molecule has 0 unspecified atom stereocenters. The summed E-state index contributed by atoms with van der Waals surface area (Å²) in [4.78, 5) is 29.1. The van der Waals surface area contributed by atoms with Crippen LogP contribution in [0.3, 0.4) is 0 Å². The quantitative estimate of drug-likeness (QED) is 0.496. The first-order chi connectivity index (χ1) is 14.6. The van der Waals surface area contributed by atoms with Crippen molar-refractivity contribution in [2.75, 3.05) is 11.9 Å². The first-order valence-corrected chi connectivity index (χ1v) is 11.3. The molecule has 2 aliphatic heterocycles. The molecular weight excluding hydrogens is 435 g/mol. The molecule has 1 saturated heterocycles. The molecule has 162 valence electrons. The molecule has 0 bridgehead atoms. The molecule has 2 heterocycles. The minimum absolute atomic E-state index is 0.0280. The maximum atomic E-state index is 13.1. The number of hydrogen-bond acceptors (Lipinski definition) is 4. The highest BCUT2D eigenvalue weighted by Crippen LogP contribution is 2.45. The zero-order chi connectivity index (χ0) is 22.5. The molecule has 0 aliphatic carbocycles. The van der Waals surface area contributed by atoms with Crippen molar-refractivity contribution in [3.8, 4) is 0 Å². The van der Waals surface area contributed by atoms with E-state index in [0.29, 0.717) is 21.4 Å². The number of halogens is 2. The third-order valence-corrected chi connectivity index (χ3v) is 7.40. The topological polar surface area (TPSA) is 40.6 Å². The summed E-state index contributed by atoms with van der Waals surface area (Å²) in [5, 5.41) is 0.199. The van der Waals surface area contributed by atoms with Crippen LogP contribution in [0.4, 0.5) is 14.9 Å². The Morgan fingerprint density at radius 3 is 2.58 bits per heavy atom. The summed E-state index contributed by atoms with van der Waals surface area (Å²) in [7, 11) is 2.07. The summed E-state index contributed by atoms with van der Waals surface area (Å²) in [5.41, 5.74) is 3.72. The molecule has 0 saturated carbocycles. The maximum absolute atomic E-state index is 13.1. The highest BCUT2D eigenvalue weighted by molar-refractivity contribution is 8.18. The second-order valence-corrected chi connectivity index (χ2v) is 10.2. The average Bonchev–Trinajstić information content (AvgIpc) is 2.96. The molecule has 0 spiro atoms. The van der Waals surface area contributed by atoms with Gasteiger partial charge in [-0.25, -0.2) is 4.39 Å². The Hall–Kier alpha value is -2.31. The number of rotatable bonds is 3. The number of fused-ring (bicyclic) bond motifs is 1. The number of carbonyl (C=O) groups is 2. The van der Waals surface area contributed by atoms with E-state index in [9.17, 15) is 14.0 Å². The molecule has 4 nitrogen and oxygen atoms in total. The fraction of sp³-hybridized carbons (Fsp3) is 0.333. The largest absolute Gasteiger partial charge is 0.369 e. The van der Waals surface area contributed by atoms with Crippen LogP contribution in [0, 0.1) is 5.82 Å². The zero-order valence-electron chi connectivity index (χ0n) is 17.9. The van der Waals surface area contributed by atoms with Gasteiger partial charge in [0.25, 0.3) is 11.1 Å². The third kappa shape index (κ3) is 4.11. The minimum atomic E-state index is -0.362. The number of thioether (sulfide) groups is 1. The second kappa shape index (κ2) is 7.99. The molecule has 1 atom stereocenters. The van der Waals surface area contributed by atoms with Gasteiger partial charge in [0.05, 0.1) is 11.4 Å². The van der Waals surface area contributed by atoms with E-state index in [1.165, 1.54) is 22.6 Å². The fourth-order valence-corrected chi connectivity index (χ4v) is 5.31. The van der Waals surface area contributed by atoms with E-state index in [0.717, 1.165) is 29.4 Å². The van der Waals surface area contributed by atoms with Gasteiger partial charge in [0.2, 0.25) is 0 Å². The number of anilines is 1. The van der Waals surface area contributed by atoms with Crippen LogP contribution in [0.25, 0.3) is 6.08 Å². The normalized spacial score (nSPS) is 21.7. The van der Waals surface area contributed by atoms with E-state index in [1.54, 1.807) is 18.2 Å². The number of hydrogen-bond donors (Lipinski definition) is 0. The SMILES string of the molecule is C[C@@H]1CC(C)(C)N(C)c2cc(Cl)c(/C=C3\SC(=O)N(Cc4ccc(F)cc4)C3=O)cc21. The highest BCUT2D eigenvalue weighted by Gasteiger charge is 2.37. The van der Waals surface area contributed by atoms with Crippen LogP contribution < -0.4 is 4.90 Å². The summed E-state index contributed by atoms with van der Waals surface area (Å²) in [6.45, 7) is 6.73. The Labute approximate surface area is 191 Å². The van der Waals surface area contributed by atoms with Crippen LogP contribution in [0.15, 0.2) is 41.3 Å². The van der Waals surface area contributed by atoms with Crippen molar-refractivity contribution in [2.45, 2.75) is 45.2 Å². The van der Waals surface area contributed by atoms with E-state index in [2.05, 4.69) is 32.7 Å². The number of carbonyl (C=O) groups excluding carboxylic acids is 2. The fourth-order valence-electron chi connectivity index (χ4n) is 4.27. The lowest BCUT2D eigenvalue weighted by Gasteiger charge is -2.45. The summed E-state index contributed by atoms with van der Waals surface area (Å²) >= 11 is 7.49. The molecule has 0 aromatic heterocycles.